The molecule has 12 heteroatoms. The van der Waals surface area contributed by atoms with Gasteiger partial charge in [0.05, 0.1) is 6.61 Å². The molecular weight excluding hydrogens is 829 g/mol. The molecule has 1 saturated heterocycles. The van der Waals surface area contributed by atoms with Gasteiger partial charge in [0.2, 0.25) is 0 Å². The Labute approximate surface area is 393 Å². The molecule has 0 aromatic carbocycles. The van der Waals surface area contributed by atoms with Crippen molar-refractivity contribution in [1.82, 2.24) is 0 Å². The Bertz CT molecular complexity index is 1280. The Balaban J connectivity index is 2.73. The number of hydrogen-bond donors (Lipinski definition) is 3. The van der Waals surface area contributed by atoms with Gasteiger partial charge in [-0.25, -0.2) is 4.79 Å². The van der Waals surface area contributed by atoms with E-state index < -0.39 is 67.3 Å². The van der Waals surface area contributed by atoms with Crippen molar-refractivity contribution in [1.29, 1.82) is 0 Å². The highest BCUT2D eigenvalue weighted by molar-refractivity contribution is 5.74. The van der Waals surface area contributed by atoms with Crippen LogP contribution in [0, 0.1) is 0 Å². The van der Waals surface area contributed by atoms with Gasteiger partial charge in [-0.1, -0.05) is 192 Å². The summed E-state index contributed by atoms with van der Waals surface area (Å²) in [5.41, 5.74) is 0. The lowest BCUT2D eigenvalue weighted by Gasteiger charge is -2.40. The summed E-state index contributed by atoms with van der Waals surface area (Å²) in [6.45, 7) is 5.82. The number of carboxylic acids is 1. The molecule has 12 nitrogen and oxygen atoms in total. The SMILES string of the molecule is CC/C=C\C/C=C\C/C=C\CCCCCC(=O)OC1C(OCC(COC(=O)CCCCCCCCCCCCCCC)OC(=O)CCCCCCCCCCC)OC(C(=O)O)C(O)C1O. The van der Waals surface area contributed by atoms with Crippen molar-refractivity contribution < 1.29 is 58.2 Å². The summed E-state index contributed by atoms with van der Waals surface area (Å²) >= 11 is 0. The first-order valence-electron chi connectivity index (χ1n) is 26.0. The average Bonchev–Trinajstić information content (AvgIpc) is 3.29. The van der Waals surface area contributed by atoms with Crippen LogP contribution < -0.4 is 0 Å². The van der Waals surface area contributed by atoms with Gasteiger partial charge in [-0.15, -0.1) is 0 Å². The van der Waals surface area contributed by atoms with Crippen molar-refractivity contribution in [3.63, 3.8) is 0 Å². The number of rotatable bonds is 43. The van der Waals surface area contributed by atoms with E-state index in [0.717, 1.165) is 77.0 Å². The van der Waals surface area contributed by atoms with E-state index in [1.165, 1.54) is 89.9 Å². The molecule has 376 valence electrons. The number of aliphatic hydroxyl groups excluding tert-OH is 2. The van der Waals surface area contributed by atoms with Gasteiger partial charge in [0.25, 0.3) is 0 Å². The topological polar surface area (TPSA) is 175 Å². The summed E-state index contributed by atoms with van der Waals surface area (Å²) < 4.78 is 28.2. The third-order valence-electron chi connectivity index (χ3n) is 11.7. The van der Waals surface area contributed by atoms with E-state index in [1.54, 1.807) is 0 Å². The van der Waals surface area contributed by atoms with Crippen LogP contribution in [-0.2, 0) is 42.9 Å². The zero-order valence-electron chi connectivity index (χ0n) is 41.0. The number of aliphatic hydroxyl groups is 2. The minimum absolute atomic E-state index is 0.0282. The fourth-order valence-corrected chi connectivity index (χ4v) is 7.73. The van der Waals surface area contributed by atoms with Crippen LogP contribution in [0.15, 0.2) is 36.5 Å². The number of carboxylic acid groups (broad SMARTS) is 1. The second-order valence-electron chi connectivity index (χ2n) is 17.8. The van der Waals surface area contributed by atoms with Crippen LogP contribution in [0.3, 0.4) is 0 Å². The van der Waals surface area contributed by atoms with Gasteiger partial charge >= 0.3 is 23.9 Å². The van der Waals surface area contributed by atoms with Crippen molar-refractivity contribution in [2.75, 3.05) is 13.2 Å². The molecule has 1 aliphatic rings. The maximum atomic E-state index is 13.0. The minimum atomic E-state index is -1.91. The molecule has 1 rings (SSSR count). The monoisotopic (exact) mass is 921 g/mol. The fourth-order valence-electron chi connectivity index (χ4n) is 7.73. The zero-order valence-corrected chi connectivity index (χ0v) is 41.0. The second kappa shape index (κ2) is 42.3. The molecule has 1 fully saturated rings. The first kappa shape index (κ1) is 60.0. The summed E-state index contributed by atoms with van der Waals surface area (Å²) in [5.74, 6) is -3.15. The van der Waals surface area contributed by atoms with Gasteiger partial charge in [0, 0.05) is 19.3 Å². The first-order chi connectivity index (χ1) is 31.6. The molecule has 0 aromatic heterocycles. The van der Waals surface area contributed by atoms with Crippen LogP contribution in [-0.4, -0.2) is 89.2 Å². The van der Waals surface area contributed by atoms with Crippen LogP contribution >= 0.6 is 0 Å². The fraction of sp³-hybridized carbons (Fsp3) is 0.811. The van der Waals surface area contributed by atoms with Gasteiger partial charge in [-0.3, -0.25) is 14.4 Å². The summed E-state index contributed by atoms with van der Waals surface area (Å²) in [7, 11) is 0. The highest BCUT2D eigenvalue weighted by Gasteiger charge is 2.50. The molecule has 0 bridgehead atoms. The van der Waals surface area contributed by atoms with Gasteiger partial charge < -0.3 is 39.0 Å². The Morgan fingerprint density at radius 3 is 1.48 bits per heavy atom. The molecule has 0 saturated carbocycles. The lowest BCUT2D eigenvalue weighted by molar-refractivity contribution is -0.301. The molecule has 6 unspecified atom stereocenters. The normalized spacial score (nSPS) is 19.3. The highest BCUT2D eigenvalue weighted by atomic mass is 16.7. The van der Waals surface area contributed by atoms with Crippen molar-refractivity contribution in [2.24, 2.45) is 0 Å². The summed E-state index contributed by atoms with van der Waals surface area (Å²) in [5, 5.41) is 31.3. The van der Waals surface area contributed by atoms with E-state index in [0.29, 0.717) is 19.3 Å². The molecule has 0 spiro atoms. The average molecular weight is 921 g/mol. The van der Waals surface area contributed by atoms with Crippen molar-refractivity contribution in [3.05, 3.63) is 36.5 Å². The van der Waals surface area contributed by atoms with E-state index in [2.05, 4.69) is 57.2 Å². The third-order valence-corrected chi connectivity index (χ3v) is 11.7. The maximum Gasteiger partial charge on any atom is 0.335 e. The van der Waals surface area contributed by atoms with E-state index in [1.807, 2.05) is 0 Å². The van der Waals surface area contributed by atoms with Crippen LogP contribution in [0.5, 0.6) is 0 Å². The number of carbonyl (C=O) groups excluding carboxylic acids is 3. The smallest absolute Gasteiger partial charge is 0.335 e. The van der Waals surface area contributed by atoms with Gasteiger partial charge in [0.1, 0.15) is 18.8 Å². The van der Waals surface area contributed by atoms with E-state index in [-0.39, 0.29) is 25.9 Å². The third kappa shape index (κ3) is 33.1. The zero-order chi connectivity index (χ0) is 47.6. The van der Waals surface area contributed by atoms with Crippen molar-refractivity contribution in [2.45, 2.75) is 263 Å². The number of aliphatic carboxylic acids is 1. The lowest BCUT2D eigenvalue weighted by Crippen LogP contribution is -2.61. The summed E-state index contributed by atoms with van der Waals surface area (Å²) in [6.07, 6.45) is 34.3. The molecular formula is C53H92O12. The Morgan fingerprint density at radius 1 is 0.523 bits per heavy atom. The van der Waals surface area contributed by atoms with Crippen LogP contribution in [0.2, 0.25) is 0 Å². The Kier molecular flexibility index (Phi) is 39.0. The Morgan fingerprint density at radius 2 is 0.969 bits per heavy atom. The van der Waals surface area contributed by atoms with Crippen LogP contribution in [0.1, 0.15) is 226 Å². The van der Waals surface area contributed by atoms with Gasteiger partial charge in [0.15, 0.2) is 24.6 Å². The number of allylic oxidation sites excluding steroid dienone is 6. The van der Waals surface area contributed by atoms with Crippen molar-refractivity contribution in [3.8, 4) is 0 Å². The molecule has 0 radical (unpaired) electrons. The number of unbranched alkanes of at least 4 members (excludes halogenated alkanes) is 23. The number of ether oxygens (including phenoxy) is 5. The quantitative estimate of drug-likeness (QED) is 0.0229. The number of carbonyl (C=O) groups is 4. The van der Waals surface area contributed by atoms with E-state index in [4.69, 9.17) is 23.7 Å². The van der Waals surface area contributed by atoms with E-state index >= 15 is 0 Å². The molecule has 65 heavy (non-hydrogen) atoms. The highest BCUT2D eigenvalue weighted by Crippen LogP contribution is 2.26. The minimum Gasteiger partial charge on any atom is -0.479 e. The van der Waals surface area contributed by atoms with Crippen LogP contribution in [0.25, 0.3) is 0 Å². The molecule has 6 atom stereocenters. The molecule has 0 aliphatic carbocycles. The second-order valence-corrected chi connectivity index (χ2v) is 17.8. The summed E-state index contributed by atoms with van der Waals surface area (Å²) in [6, 6.07) is 0. The summed E-state index contributed by atoms with van der Waals surface area (Å²) in [4.78, 5) is 50.7. The predicted molar refractivity (Wildman–Crippen MR) is 257 cm³/mol. The predicted octanol–water partition coefficient (Wildman–Crippen LogP) is 12.1. The molecule has 1 aliphatic heterocycles. The van der Waals surface area contributed by atoms with Crippen LogP contribution in [0.4, 0.5) is 0 Å². The molecule has 0 aromatic rings. The largest absolute Gasteiger partial charge is 0.479 e. The van der Waals surface area contributed by atoms with Gasteiger partial charge in [-0.05, 0) is 51.4 Å². The van der Waals surface area contributed by atoms with Crippen molar-refractivity contribution >= 4 is 23.9 Å². The number of hydrogen-bond acceptors (Lipinski definition) is 11. The number of esters is 3. The molecule has 0 amide bonds. The Hall–Kier alpha value is -3.06. The standard InChI is InChI=1S/C53H92O12/c1-4-7-10-13-16-19-21-23-25-28-30-33-36-39-45(54)61-42-44(63-46(55)40-37-34-31-27-18-15-12-9-6-3)43-62-53-51(49(58)48(57)50(65-53)52(59)60)64-47(56)41-38-35-32-29-26-24-22-20-17-14-11-8-5-2/h8,11,17,20,24,26,44,48-51,53,57-58H,4-7,9-10,12-16,18-19,21-23,25,27-43H2,1-3H3,(H,59,60)/b11-8-,20-17-,26-24-. The first-order valence-corrected chi connectivity index (χ1v) is 26.0. The molecule has 1 heterocycles. The molecule has 3 N–H and O–H groups in total. The van der Waals surface area contributed by atoms with Gasteiger partial charge in [-0.2, -0.15) is 0 Å². The lowest BCUT2D eigenvalue weighted by atomic mass is 9.98. The van der Waals surface area contributed by atoms with E-state index in [9.17, 15) is 34.5 Å². The maximum absolute atomic E-state index is 13.0.